The zero-order valence-corrected chi connectivity index (χ0v) is 18.5. The lowest BCUT2D eigenvalue weighted by molar-refractivity contribution is 0.0209. The largest absolute Gasteiger partial charge is 0.379 e. The first-order chi connectivity index (χ1) is 14.1. The van der Waals surface area contributed by atoms with E-state index in [1.807, 2.05) is 4.68 Å². The van der Waals surface area contributed by atoms with Gasteiger partial charge in [-0.3, -0.25) is 9.47 Å². The molecule has 3 aromatic rings. The summed E-state index contributed by atoms with van der Waals surface area (Å²) in [6.45, 7) is 8.26. The summed E-state index contributed by atoms with van der Waals surface area (Å²) < 4.78 is 10.3. The molecular weight excluding hydrogens is 400 g/mol. The van der Waals surface area contributed by atoms with Gasteiger partial charge in [-0.15, -0.1) is 11.8 Å². The van der Waals surface area contributed by atoms with E-state index in [-0.39, 0.29) is 0 Å². The van der Waals surface area contributed by atoms with Crippen molar-refractivity contribution in [2.45, 2.75) is 31.2 Å². The minimum absolute atomic E-state index is 0.698. The SMILES string of the molecule is Cc1ccc(-n2c(CSc3cccc(C)c3)nn(CN3CCOCC3)c2=S)cc1. The van der Waals surface area contributed by atoms with Crippen LogP contribution in [0.3, 0.4) is 0 Å². The van der Waals surface area contributed by atoms with Crippen LogP contribution in [0.2, 0.25) is 0 Å². The Bertz CT molecular complexity index is 1020. The highest BCUT2D eigenvalue weighted by Gasteiger charge is 2.17. The molecule has 0 radical (unpaired) electrons. The van der Waals surface area contributed by atoms with Gasteiger partial charge in [-0.25, -0.2) is 4.68 Å². The number of ether oxygens (including phenoxy) is 1. The molecule has 2 heterocycles. The lowest BCUT2D eigenvalue weighted by Gasteiger charge is -2.26. The van der Waals surface area contributed by atoms with Crippen LogP contribution in [-0.2, 0) is 17.2 Å². The van der Waals surface area contributed by atoms with Gasteiger partial charge < -0.3 is 4.74 Å². The van der Waals surface area contributed by atoms with E-state index in [4.69, 9.17) is 22.1 Å². The first-order valence-electron chi connectivity index (χ1n) is 9.85. The number of nitrogens with zero attached hydrogens (tertiary/aromatic N) is 4. The van der Waals surface area contributed by atoms with Crippen LogP contribution in [0.1, 0.15) is 17.0 Å². The molecular formula is C22H26N4OS2. The molecule has 1 fully saturated rings. The Labute approximate surface area is 181 Å². The third kappa shape index (κ3) is 4.98. The van der Waals surface area contributed by atoms with E-state index in [2.05, 4.69) is 71.8 Å². The maximum Gasteiger partial charge on any atom is 0.203 e. The lowest BCUT2D eigenvalue weighted by Crippen LogP contribution is -2.37. The number of aryl methyl sites for hydroxylation is 2. The van der Waals surface area contributed by atoms with E-state index >= 15 is 0 Å². The molecule has 1 aromatic heterocycles. The summed E-state index contributed by atoms with van der Waals surface area (Å²) in [4.78, 5) is 3.58. The molecule has 1 aliphatic rings. The number of morpholine rings is 1. The van der Waals surface area contributed by atoms with Crippen LogP contribution in [0.5, 0.6) is 0 Å². The Balaban J connectivity index is 1.64. The maximum absolute atomic E-state index is 5.84. The maximum atomic E-state index is 5.84. The number of rotatable bonds is 6. The fourth-order valence-corrected chi connectivity index (χ4v) is 4.61. The minimum atomic E-state index is 0.698. The third-order valence-corrected chi connectivity index (χ3v) is 6.38. The fourth-order valence-electron chi connectivity index (χ4n) is 3.38. The molecule has 0 atom stereocenters. The van der Waals surface area contributed by atoms with Gasteiger partial charge >= 0.3 is 0 Å². The second kappa shape index (κ2) is 9.26. The normalized spacial score (nSPS) is 15.0. The van der Waals surface area contributed by atoms with Gasteiger partial charge in [0.05, 0.1) is 25.6 Å². The van der Waals surface area contributed by atoms with Crippen molar-refractivity contribution in [1.82, 2.24) is 19.2 Å². The molecule has 7 heteroatoms. The highest BCUT2D eigenvalue weighted by Crippen LogP contribution is 2.25. The van der Waals surface area contributed by atoms with Crippen molar-refractivity contribution in [3.63, 3.8) is 0 Å². The van der Waals surface area contributed by atoms with Crippen molar-refractivity contribution in [3.8, 4) is 5.69 Å². The van der Waals surface area contributed by atoms with Gasteiger partial charge in [0.1, 0.15) is 5.82 Å². The highest BCUT2D eigenvalue weighted by molar-refractivity contribution is 7.98. The molecule has 0 N–H and O–H groups in total. The summed E-state index contributed by atoms with van der Waals surface area (Å²) in [5, 5.41) is 4.91. The molecule has 152 valence electrons. The molecule has 1 saturated heterocycles. The van der Waals surface area contributed by atoms with Gasteiger partial charge in [0.2, 0.25) is 4.77 Å². The summed E-state index contributed by atoms with van der Waals surface area (Å²) in [5.41, 5.74) is 3.56. The Morgan fingerprint density at radius 2 is 1.79 bits per heavy atom. The van der Waals surface area contributed by atoms with E-state index < -0.39 is 0 Å². The topological polar surface area (TPSA) is 35.2 Å². The molecule has 0 unspecified atom stereocenters. The number of hydrogen-bond donors (Lipinski definition) is 0. The second-order valence-corrected chi connectivity index (χ2v) is 8.76. The molecule has 0 spiro atoms. The predicted octanol–water partition coefficient (Wildman–Crippen LogP) is 4.60. The lowest BCUT2D eigenvalue weighted by atomic mass is 10.2. The molecule has 29 heavy (non-hydrogen) atoms. The van der Waals surface area contributed by atoms with Crippen molar-refractivity contribution in [1.29, 1.82) is 0 Å². The van der Waals surface area contributed by atoms with Crippen molar-refractivity contribution in [3.05, 3.63) is 70.3 Å². The average molecular weight is 427 g/mol. The van der Waals surface area contributed by atoms with Crippen LogP contribution in [0, 0.1) is 18.6 Å². The van der Waals surface area contributed by atoms with Crippen LogP contribution in [0.4, 0.5) is 0 Å². The van der Waals surface area contributed by atoms with Crippen molar-refractivity contribution >= 4 is 24.0 Å². The molecule has 0 bridgehead atoms. The fraction of sp³-hybridized carbons (Fsp3) is 0.364. The van der Waals surface area contributed by atoms with Gasteiger partial charge in [-0.05, 0) is 50.3 Å². The van der Waals surface area contributed by atoms with Crippen LogP contribution in [-0.4, -0.2) is 45.6 Å². The zero-order chi connectivity index (χ0) is 20.2. The second-order valence-electron chi connectivity index (χ2n) is 7.35. The predicted molar refractivity (Wildman–Crippen MR) is 120 cm³/mol. The molecule has 1 aliphatic heterocycles. The van der Waals surface area contributed by atoms with Crippen molar-refractivity contribution < 1.29 is 4.74 Å². The summed E-state index contributed by atoms with van der Waals surface area (Å²) in [6.07, 6.45) is 0. The molecule has 0 saturated carbocycles. The van der Waals surface area contributed by atoms with Gasteiger partial charge in [-0.1, -0.05) is 35.4 Å². The zero-order valence-electron chi connectivity index (χ0n) is 16.9. The van der Waals surface area contributed by atoms with Crippen LogP contribution in [0.25, 0.3) is 5.69 Å². The van der Waals surface area contributed by atoms with Crippen molar-refractivity contribution in [2.24, 2.45) is 0 Å². The van der Waals surface area contributed by atoms with Crippen LogP contribution >= 0.6 is 24.0 Å². The summed E-state index contributed by atoms with van der Waals surface area (Å²) in [5.74, 6) is 1.73. The highest BCUT2D eigenvalue weighted by atomic mass is 32.2. The third-order valence-electron chi connectivity index (χ3n) is 4.99. The van der Waals surface area contributed by atoms with E-state index in [1.54, 1.807) is 11.8 Å². The van der Waals surface area contributed by atoms with E-state index in [0.29, 0.717) is 6.67 Å². The van der Waals surface area contributed by atoms with E-state index in [0.717, 1.165) is 48.3 Å². The molecule has 5 nitrogen and oxygen atoms in total. The van der Waals surface area contributed by atoms with E-state index in [9.17, 15) is 0 Å². The molecule has 4 rings (SSSR count). The van der Waals surface area contributed by atoms with Gasteiger partial charge in [0, 0.05) is 23.7 Å². The number of aromatic nitrogens is 3. The Morgan fingerprint density at radius 3 is 2.52 bits per heavy atom. The van der Waals surface area contributed by atoms with Gasteiger partial charge in [0.15, 0.2) is 0 Å². The van der Waals surface area contributed by atoms with Gasteiger partial charge in [0.25, 0.3) is 0 Å². The Kier molecular flexibility index (Phi) is 6.50. The molecule has 0 aliphatic carbocycles. The summed E-state index contributed by atoms with van der Waals surface area (Å²) in [7, 11) is 0. The average Bonchev–Trinajstić information content (AvgIpc) is 3.03. The first-order valence-corrected chi connectivity index (χ1v) is 11.2. The Morgan fingerprint density at radius 1 is 1.03 bits per heavy atom. The quantitative estimate of drug-likeness (QED) is 0.425. The smallest absolute Gasteiger partial charge is 0.203 e. The monoisotopic (exact) mass is 426 g/mol. The molecule has 0 amide bonds. The molecule has 2 aromatic carbocycles. The first kappa shape index (κ1) is 20.3. The van der Waals surface area contributed by atoms with Crippen LogP contribution < -0.4 is 0 Å². The minimum Gasteiger partial charge on any atom is -0.379 e. The van der Waals surface area contributed by atoms with E-state index in [1.165, 1.54) is 16.0 Å². The number of benzene rings is 2. The number of hydrogen-bond acceptors (Lipinski definition) is 5. The van der Waals surface area contributed by atoms with Crippen LogP contribution in [0.15, 0.2) is 53.4 Å². The number of thioether (sulfide) groups is 1. The summed E-state index contributed by atoms with van der Waals surface area (Å²) in [6, 6.07) is 17.0. The van der Waals surface area contributed by atoms with Crippen molar-refractivity contribution in [2.75, 3.05) is 26.3 Å². The Hall–Kier alpha value is -1.93. The van der Waals surface area contributed by atoms with Gasteiger partial charge in [-0.2, -0.15) is 5.10 Å². The summed E-state index contributed by atoms with van der Waals surface area (Å²) >= 11 is 7.64. The standard InChI is InChI=1S/C22H26N4OS2/c1-17-6-8-19(9-7-17)26-21(15-29-20-5-3-4-18(2)14-20)23-25(22(26)28)16-24-10-12-27-13-11-24/h3-9,14H,10-13,15-16H2,1-2H3.